The summed E-state index contributed by atoms with van der Waals surface area (Å²) >= 11 is 0. The van der Waals surface area contributed by atoms with Crippen molar-refractivity contribution in [3.63, 3.8) is 0 Å². The molecule has 0 aromatic heterocycles. The van der Waals surface area contributed by atoms with Crippen molar-refractivity contribution in [2.24, 2.45) is 0 Å². The Hall–Kier alpha value is -3.22. The predicted molar refractivity (Wildman–Crippen MR) is 142 cm³/mol. The average molecular weight is 513 g/mol. The molecule has 1 aliphatic rings. The molecule has 1 atom stereocenters. The molecule has 0 amide bonds. The van der Waals surface area contributed by atoms with Crippen molar-refractivity contribution in [2.75, 3.05) is 26.9 Å². The van der Waals surface area contributed by atoms with Gasteiger partial charge in [-0.15, -0.1) is 0 Å². The number of ether oxygens (including phenoxy) is 5. The molecular formula is C30H40O7. The van der Waals surface area contributed by atoms with E-state index in [0.717, 1.165) is 66.0 Å². The molecule has 2 aromatic carbocycles. The van der Waals surface area contributed by atoms with Crippen LogP contribution in [0.2, 0.25) is 0 Å². The van der Waals surface area contributed by atoms with Crippen LogP contribution >= 0.6 is 0 Å². The van der Waals surface area contributed by atoms with Gasteiger partial charge in [0.2, 0.25) is 0 Å². The van der Waals surface area contributed by atoms with Gasteiger partial charge in [-0.1, -0.05) is 32.8 Å². The second-order valence-corrected chi connectivity index (χ2v) is 9.16. The van der Waals surface area contributed by atoms with Crippen LogP contribution in [0.5, 0.6) is 23.0 Å². The molecule has 3 rings (SSSR count). The highest BCUT2D eigenvalue weighted by Crippen LogP contribution is 2.38. The van der Waals surface area contributed by atoms with Crippen LogP contribution in [0.15, 0.2) is 24.3 Å². The van der Waals surface area contributed by atoms with Crippen molar-refractivity contribution in [3.8, 4) is 23.0 Å². The third-order valence-corrected chi connectivity index (χ3v) is 6.39. The lowest BCUT2D eigenvalue weighted by Crippen LogP contribution is -2.32. The summed E-state index contributed by atoms with van der Waals surface area (Å²) in [6.45, 7) is 9.10. The van der Waals surface area contributed by atoms with Gasteiger partial charge in [0, 0.05) is 17.5 Å². The SMILES string of the molecule is CCCc1c(OCCCOc2ccc(C(C)=O)c(OCC)c2CCC)ccc2c1OC(C(=O)OC)CC2. The zero-order valence-corrected chi connectivity index (χ0v) is 22.8. The highest BCUT2D eigenvalue weighted by Gasteiger charge is 2.29. The lowest BCUT2D eigenvalue weighted by atomic mass is 9.96. The molecule has 1 aliphatic heterocycles. The molecule has 0 radical (unpaired) electrons. The summed E-state index contributed by atoms with van der Waals surface area (Å²) in [4.78, 5) is 24.2. The summed E-state index contributed by atoms with van der Waals surface area (Å²) in [5.74, 6) is 2.56. The van der Waals surface area contributed by atoms with E-state index in [1.807, 2.05) is 25.1 Å². The third kappa shape index (κ3) is 6.96. The number of methoxy groups -OCH3 is 1. The summed E-state index contributed by atoms with van der Waals surface area (Å²) in [5, 5.41) is 0. The fourth-order valence-corrected chi connectivity index (χ4v) is 4.65. The molecule has 1 unspecified atom stereocenters. The van der Waals surface area contributed by atoms with E-state index in [0.29, 0.717) is 44.0 Å². The van der Waals surface area contributed by atoms with Gasteiger partial charge in [-0.25, -0.2) is 4.79 Å². The minimum Gasteiger partial charge on any atom is -0.493 e. The van der Waals surface area contributed by atoms with Crippen LogP contribution in [-0.4, -0.2) is 44.8 Å². The second kappa shape index (κ2) is 13.9. The highest BCUT2D eigenvalue weighted by molar-refractivity contribution is 5.97. The van der Waals surface area contributed by atoms with Gasteiger partial charge in [0.05, 0.1) is 32.5 Å². The number of aryl methyl sites for hydroxylation is 1. The van der Waals surface area contributed by atoms with E-state index in [-0.39, 0.29) is 11.8 Å². The molecule has 0 saturated carbocycles. The molecular weight excluding hydrogens is 472 g/mol. The summed E-state index contributed by atoms with van der Waals surface area (Å²) in [5.41, 5.74) is 3.63. The number of benzene rings is 2. The van der Waals surface area contributed by atoms with Gasteiger partial charge in [0.1, 0.15) is 23.0 Å². The first-order chi connectivity index (χ1) is 17.9. The van der Waals surface area contributed by atoms with Crippen LogP contribution < -0.4 is 18.9 Å². The average Bonchev–Trinajstić information content (AvgIpc) is 2.90. The summed E-state index contributed by atoms with van der Waals surface area (Å²) in [6.07, 6.45) is 4.89. The molecule has 0 aliphatic carbocycles. The molecule has 7 heteroatoms. The van der Waals surface area contributed by atoms with Gasteiger partial charge in [-0.3, -0.25) is 4.79 Å². The maximum Gasteiger partial charge on any atom is 0.347 e. The van der Waals surface area contributed by atoms with Crippen LogP contribution in [0.25, 0.3) is 0 Å². The lowest BCUT2D eigenvalue weighted by Gasteiger charge is -2.27. The highest BCUT2D eigenvalue weighted by atomic mass is 16.6. The number of ketones is 1. The van der Waals surface area contributed by atoms with Gasteiger partial charge >= 0.3 is 5.97 Å². The maximum atomic E-state index is 12.1. The molecule has 0 bridgehead atoms. The van der Waals surface area contributed by atoms with E-state index in [1.165, 1.54) is 7.11 Å². The van der Waals surface area contributed by atoms with Crippen molar-refractivity contribution < 1.29 is 33.3 Å². The molecule has 0 saturated heterocycles. The molecule has 2 aromatic rings. The first kappa shape index (κ1) is 28.4. The summed E-state index contributed by atoms with van der Waals surface area (Å²) in [7, 11) is 1.39. The number of hydrogen-bond acceptors (Lipinski definition) is 7. The number of hydrogen-bond donors (Lipinski definition) is 0. The van der Waals surface area contributed by atoms with Crippen LogP contribution in [0.3, 0.4) is 0 Å². The monoisotopic (exact) mass is 512 g/mol. The van der Waals surface area contributed by atoms with Crippen molar-refractivity contribution in [3.05, 3.63) is 46.5 Å². The van der Waals surface area contributed by atoms with Gasteiger partial charge in [-0.2, -0.15) is 0 Å². The fraction of sp³-hybridized carbons (Fsp3) is 0.533. The number of esters is 1. The first-order valence-electron chi connectivity index (χ1n) is 13.4. The van der Waals surface area contributed by atoms with Crippen LogP contribution in [0.1, 0.15) is 80.4 Å². The largest absolute Gasteiger partial charge is 0.493 e. The number of carbonyl (C=O) groups is 2. The Morgan fingerprint density at radius 1 is 0.919 bits per heavy atom. The minimum atomic E-state index is -0.579. The zero-order valence-electron chi connectivity index (χ0n) is 22.8. The third-order valence-electron chi connectivity index (χ3n) is 6.39. The Balaban J connectivity index is 1.66. The Morgan fingerprint density at radius 3 is 2.19 bits per heavy atom. The van der Waals surface area contributed by atoms with Gasteiger partial charge in [-0.05, 0) is 63.3 Å². The molecule has 202 valence electrons. The van der Waals surface area contributed by atoms with Crippen molar-refractivity contribution in [1.82, 2.24) is 0 Å². The molecule has 37 heavy (non-hydrogen) atoms. The number of rotatable bonds is 14. The van der Waals surface area contributed by atoms with Crippen LogP contribution in [-0.2, 0) is 28.8 Å². The first-order valence-corrected chi connectivity index (χ1v) is 13.4. The van der Waals surface area contributed by atoms with Crippen LogP contribution in [0.4, 0.5) is 0 Å². The summed E-state index contributed by atoms with van der Waals surface area (Å²) < 4.78 is 29.1. The molecule has 0 fully saturated rings. The second-order valence-electron chi connectivity index (χ2n) is 9.16. The van der Waals surface area contributed by atoms with Crippen molar-refractivity contribution in [2.45, 2.75) is 78.7 Å². The van der Waals surface area contributed by atoms with E-state index in [9.17, 15) is 9.59 Å². The lowest BCUT2D eigenvalue weighted by molar-refractivity contribution is -0.149. The molecule has 0 spiro atoms. The topological polar surface area (TPSA) is 80.3 Å². The maximum absolute atomic E-state index is 12.1. The molecule has 0 N–H and O–H groups in total. The van der Waals surface area contributed by atoms with E-state index in [1.54, 1.807) is 13.0 Å². The Kier molecular flexibility index (Phi) is 10.7. The van der Waals surface area contributed by atoms with E-state index >= 15 is 0 Å². The quantitative estimate of drug-likeness (QED) is 0.177. The van der Waals surface area contributed by atoms with Gasteiger partial charge in [0.15, 0.2) is 11.9 Å². The minimum absolute atomic E-state index is 0.0180. The van der Waals surface area contributed by atoms with E-state index in [2.05, 4.69) is 13.8 Å². The van der Waals surface area contributed by atoms with Crippen LogP contribution in [0, 0.1) is 0 Å². The normalized spacial score (nSPS) is 14.4. The van der Waals surface area contributed by atoms with Gasteiger partial charge < -0.3 is 23.7 Å². The number of Topliss-reactive ketones (excluding diaryl/α,β-unsaturated/α-hetero) is 1. The smallest absolute Gasteiger partial charge is 0.347 e. The van der Waals surface area contributed by atoms with Gasteiger partial charge in [0.25, 0.3) is 0 Å². The van der Waals surface area contributed by atoms with Crippen molar-refractivity contribution >= 4 is 11.8 Å². The molecule has 1 heterocycles. The van der Waals surface area contributed by atoms with E-state index < -0.39 is 6.10 Å². The summed E-state index contributed by atoms with van der Waals surface area (Å²) in [6, 6.07) is 7.67. The molecule has 7 nitrogen and oxygen atoms in total. The Labute approximate surface area is 220 Å². The predicted octanol–water partition coefficient (Wildman–Crippen LogP) is 5.91. The zero-order chi connectivity index (χ0) is 26.8. The Morgan fingerprint density at radius 2 is 1.57 bits per heavy atom. The fourth-order valence-electron chi connectivity index (χ4n) is 4.65. The standard InChI is InChI=1S/C30H40O7/c1-6-10-23-25(15-12-21-13-16-27(30(32)33-5)37-28(21)23)35-18-9-19-36-26-17-14-22(20(4)31)29(34-8-3)24(26)11-7-2/h12,14-15,17,27H,6-11,13,16,18-19H2,1-5H3. The van der Waals surface area contributed by atoms with Crippen molar-refractivity contribution in [1.29, 1.82) is 0 Å². The number of carbonyl (C=O) groups excluding carboxylic acids is 2. The van der Waals surface area contributed by atoms with E-state index in [4.69, 9.17) is 23.7 Å². The number of fused-ring (bicyclic) bond motifs is 1. The Bertz CT molecular complexity index is 1080.